The largest absolute Gasteiger partial charge is 0.480 e. The van der Waals surface area contributed by atoms with Gasteiger partial charge in [-0.05, 0) is 37.2 Å². The lowest BCUT2D eigenvalue weighted by atomic mass is 10.0. The summed E-state index contributed by atoms with van der Waals surface area (Å²) in [6.45, 7) is 2.69. The molecule has 0 aromatic heterocycles. The van der Waals surface area contributed by atoms with Gasteiger partial charge >= 0.3 is 5.97 Å². The van der Waals surface area contributed by atoms with Crippen LogP contribution in [0.2, 0.25) is 0 Å². The van der Waals surface area contributed by atoms with E-state index in [9.17, 15) is 53.7 Å². The molecule has 0 fully saturated rings. The maximum atomic E-state index is 13.8. The van der Waals surface area contributed by atoms with Crippen molar-refractivity contribution in [2.45, 2.75) is 95.5 Å². The SMILES string of the molecule is CC(=O)N[C@@H](CCC(N)=O)C(=O)N[C@@H](Cc1ccccc1)C(=O)N[C@@H](CCCN=C(N)N)C(=O)N[C@@H](CO)C(=O)N[C@@H](CO)C(=O)N[C@@H](CC(C)C)C(=O)O. The second-order valence-corrected chi connectivity index (χ2v) is 13.0. The first-order chi connectivity index (χ1) is 25.9. The predicted molar refractivity (Wildman–Crippen MR) is 197 cm³/mol. The monoisotopic (exact) mass is 778 g/mol. The summed E-state index contributed by atoms with van der Waals surface area (Å²) in [6.07, 6.45) is -0.460. The summed E-state index contributed by atoms with van der Waals surface area (Å²) in [7, 11) is 0. The van der Waals surface area contributed by atoms with Crippen molar-refractivity contribution in [1.82, 2.24) is 31.9 Å². The highest BCUT2D eigenvalue weighted by atomic mass is 16.4. The van der Waals surface area contributed by atoms with Gasteiger partial charge in [0.1, 0.15) is 36.3 Å². The van der Waals surface area contributed by atoms with E-state index < -0.39 is 96.8 Å². The number of hydrogen-bond donors (Lipinski definition) is 12. The molecular weight excluding hydrogens is 724 g/mol. The van der Waals surface area contributed by atoms with Crippen LogP contribution >= 0.6 is 0 Å². The number of rotatable bonds is 25. The van der Waals surface area contributed by atoms with Crippen molar-refractivity contribution in [1.29, 1.82) is 0 Å². The summed E-state index contributed by atoms with van der Waals surface area (Å²) < 4.78 is 0. The minimum absolute atomic E-state index is 0.0236. The Morgan fingerprint density at radius 1 is 0.655 bits per heavy atom. The van der Waals surface area contributed by atoms with Gasteiger partial charge in [-0.2, -0.15) is 0 Å². The fourth-order valence-electron chi connectivity index (χ4n) is 5.07. The number of nitrogens with two attached hydrogens (primary N) is 3. The molecule has 0 spiro atoms. The summed E-state index contributed by atoms with van der Waals surface area (Å²) in [4.78, 5) is 105. The molecule has 55 heavy (non-hydrogen) atoms. The van der Waals surface area contributed by atoms with Crippen LogP contribution in [0, 0.1) is 5.92 Å². The third-order valence-electron chi connectivity index (χ3n) is 7.82. The Morgan fingerprint density at radius 3 is 1.56 bits per heavy atom. The van der Waals surface area contributed by atoms with Crippen LogP contribution in [0.3, 0.4) is 0 Å². The molecule has 0 aliphatic rings. The molecule has 0 saturated carbocycles. The summed E-state index contributed by atoms with van der Waals surface area (Å²) in [5.74, 6) is -7.83. The zero-order valence-electron chi connectivity index (χ0n) is 31.1. The second kappa shape index (κ2) is 24.5. The average molecular weight is 779 g/mol. The van der Waals surface area contributed by atoms with E-state index in [-0.39, 0.29) is 56.9 Å². The topological polar surface area (TPSA) is 360 Å². The van der Waals surface area contributed by atoms with E-state index in [1.165, 1.54) is 0 Å². The van der Waals surface area contributed by atoms with Gasteiger partial charge in [-0.3, -0.25) is 38.6 Å². The molecule has 0 heterocycles. The summed E-state index contributed by atoms with van der Waals surface area (Å²) in [5.41, 5.74) is 16.6. The van der Waals surface area contributed by atoms with Crippen molar-refractivity contribution in [3.05, 3.63) is 35.9 Å². The van der Waals surface area contributed by atoms with Gasteiger partial charge in [0.05, 0.1) is 13.2 Å². The van der Waals surface area contributed by atoms with Crippen LogP contribution in [0.5, 0.6) is 0 Å². The first-order valence-corrected chi connectivity index (χ1v) is 17.5. The Morgan fingerprint density at radius 2 is 1.11 bits per heavy atom. The highest BCUT2D eigenvalue weighted by molar-refractivity contribution is 5.97. The van der Waals surface area contributed by atoms with Gasteiger partial charge in [0, 0.05) is 26.3 Å². The molecule has 0 aliphatic carbocycles. The number of guanidine groups is 1. The number of carbonyl (C=O) groups is 8. The predicted octanol–water partition coefficient (Wildman–Crippen LogP) is -4.41. The maximum Gasteiger partial charge on any atom is 0.326 e. The van der Waals surface area contributed by atoms with Crippen LogP contribution in [-0.4, -0.2) is 125 Å². The van der Waals surface area contributed by atoms with E-state index in [2.05, 4.69) is 36.9 Å². The highest BCUT2D eigenvalue weighted by Gasteiger charge is 2.33. The van der Waals surface area contributed by atoms with Gasteiger partial charge in [-0.15, -0.1) is 0 Å². The Bertz CT molecular complexity index is 1510. The van der Waals surface area contributed by atoms with Crippen LogP contribution in [-0.2, 0) is 44.8 Å². The molecule has 306 valence electrons. The first-order valence-electron chi connectivity index (χ1n) is 17.5. The van der Waals surface area contributed by atoms with Crippen molar-refractivity contribution in [2.24, 2.45) is 28.1 Å². The molecule has 15 N–H and O–H groups in total. The standard InChI is InChI=1S/C34H54N10O11/c1-18(2)14-24(33(54)55)42-31(52)25(16-45)44-32(53)26(17-46)43-28(49)21(10-7-13-38-34(36)37)40-30(51)23(15-20-8-5-4-6-9-20)41-29(50)22(39-19(3)47)11-12-27(35)48/h4-6,8-9,18,21-26,45-46H,7,10-17H2,1-3H3,(H2,35,48)(H,39,47)(H,40,51)(H,41,50)(H,42,52)(H,43,49)(H,44,53)(H,54,55)(H4,36,37,38)/t21-,22-,23-,24-,25-,26-/m0/s1. The van der Waals surface area contributed by atoms with Crippen molar-refractivity contribution in [2.75, 3.05) is 19.8 Å². The molecule has 1 aromatic carbocycles. The summed E-state index contributed by atoms with van der Waals surface area (Å²) in [5, 5.41) is 43.5. The number of aliphatic carboxylic acids is 1. The molecule has 6 atom stereocenters. The Balaban J connectivity index is 3.31. The smallest absolute Gasteiger partial charge is 0.326 e. The lowest BCUT2D eigenvalue weighted by molar-refractivity contribution is -0.143. The van der Waals surface area contributed by atoms with E-state index in [0.29, 0.717) is 5.56 Å². The molecule has 0 aliphatic heterocycles. The lowest BCUT2D eigenvalue weighted by Gasteiger charge is -2.27. The number of carboxylic acids is 1. The van der Waals surface area contributed by atoms with E-state index >= 15 is 0 Å². The lowest BCUT2D eigenvalue weighted by Crippen LogP contribution is -2.60. The number of carbonyl (C=O) groups excluding carboxylic acids is 7. The van der Waals surface area contributed by atoms with Crippen molar-refractivity contribution in [3.63, 3.8) is 0 Å². The number of hydrogen-bond acceptors (Lipinski definition) is 11. The average Bonchev–Trinajstić information content (AvgIpc) is 3.11. The molecule has 7 amide bonds. The molecule has 21 nitrogen and oxygen atoms in total. The molecule has 21 heteroatoms. The first kappa shape index (κ1) is 47.2. The van der Waals surface area contributed by atoms with Crippen LogP contribution in [0.25, 0.3) is 0 Å². The zero-order chi connectivity index (χ0) is 41.7. The fourth-order valence-corrected chi connectivity index (χ4v) is 5.07. The van der Waals surface area contributed by atoms with Gasteiger partial charge in [0.2, 0.25) is 41.4 Å². The molecule has 0 unspecified atom stereocenters. The quantitative estimate of drug-likeness (QED) is 0.0254. The molecule has 1 rings (SSSR count). The van der Waals surface area contributed by atoms with Gasteiger partial charge in [0.15, 0.2) is 5.96 Å². The van der Waals surface area contributed by atoms with Crippen LogP contribution in [0.15, 0.2) is 35.3 Å². The fraction of sp³-hybridized carbons (Fsp3) is 0.559. The number of amides is 7. The maximum absolute atomic E-state index is 13.8. The zero-order valence-corrected chi connectivity index (χ0v) is 31.1. The Hall–Kier alpha value is -5.83. The van der Waals surface area contributed by atoms with E-state index in [0.717, 1.165) is 6.92 Å². The van der Waals surface area contributed by atoms with E-state index in [1.807, 2.05) is 0 Å². The molecule has 0 radical (unpaired) electrons. The normalized spacial score (nSPS) is 14.1. The molecular formula is C34H54N10O11. The van der Waals surface area contributed by atoms with Crippen molar-refractivity contribution < 1.29 is 53.7 Å². The van der Waals surface area contributed by atoms with Crippen LogP contribution < -0.4 is 49.1 Å². The van der Waals surface area contributed by atoms with Gasteiger partial charge in [0.25, 0.3) is 0 Å². The van der Waals surface area contributed by atoms with Crippen molar-refractivity contribution >= 4 is 53.3 Å². The molecule has 0 bridgehead atoms. The second-order valence-electron chi connectivity index (χ2n) is 13.0. The minimum Gasteiger partial charge on any atom is -0.480 e. The number of primary amides is 1. The highest BCUT2D eigenvalue weighted by Crippen LogP contribution is 2.09. The summed E-state index contributed by atoms with van der Waals surface area (Å²) >= 11 is 0. The Labute approximate surface area is 318 Å². The van der Waals surface area contributed by atoms with Crippen LogP contribution in [0.4, 0.5) is 0 Å². The number of carboxylic acid groups (broad SMARTS) is 1. The van der Waals surface area contributed by atoms with E-state index in [4.69, 9.17) is 17.2 Å². The van der Waals surface area contributed by atoms with E-state index in [1.54, 1.807) is 44.2 Å². The number of aliphatic imine (C=N–C) groups is 1. The van der Waals surface area contributed by atoms with Gasteiger partial charge in [-0.25, -0.2) is 4.79 Å². The number of nitrogens with zero attached hydrogens (tertiary/aromatic N) is 1. The number of aliphatic hydroxyl groups is 2. The van der Waals surface area contributed by atoms with Gasteiger partial charge < -0.3 is 64.4 Å². The van der Waals surface area contributed by atoms with Gasteiger partial charge in [-0.1, -0.05) is 44.2 Å². The number of nitrogens with one attached hydrogen (secondary N) is 6. The number of aliphatic hydroxyl groups excluding tert-OH is 2. The minimum atomic E-state index is -1.72. The molecule has 0 saturated heterocycles. The number of benzene rings is 1. The summed E-state index contributed by atoms with van der Waals surface area (Å²) in [6, 6.07) is -0.237. The Kier molecular flexibility index (Phi) is 21.0. The third kappa shape index (κ3) is 18.7. The molecule has 1 aromatic rings. The van der Waals surface area contributed by atoms with Crippen LogP contribution in [0.1, 0.15) is 58.4 Å². The third-order valence-corrected chi connectivity index (χ3v) is 7.82. The van der Waals surface area contributed by atoms with Crippen molar-refractivity contribution in [3.8, 4) is 0 Å².